The van der Waals surface area contributed by atoms with Gasteiger partial charge in [0.15, 0.2) is 11.9 Å². The third-order valence-corrected chi connectivity index (χ3v) is 8.56. The van der Waals surface area contributed by atoms with Crippen LogP contribution in [0.25, 0.3) is 0 Å². The molecule has 1 unspecified atom stereocenters. The summed E-state index contributed by atoms with van der Waals surface area (Å²) in [4.78, 5) is 25.0. The Hall–Kier alpha value is -1.92. The number of carbonyl (C=O) groups is 2. The van der Waals surface area contributed by atoms with Gasteiger partial charge in [-0.2, -0.15) is 0 Å². The SMILES string of the molecule is C[N@+]1(CC2CC2)CC[C@@]23c4c5ccc(C(N)=O)c4O[C@H]2C(=O)CCC3(O)[C@H]1C5. The van der Waals surface area contributed by atoms with E-state index in [1.54, 1.807) is 6.07 Å². The van der Waals surface area contributed by atoms with Gasteiger partial charge in [0.1, 0.15) is 17.4 Å². The monoisotopic (exact) mass is 383 g/mol. The van der Waals surface area contributed by atoms with Crippen molar-refractivity contribution in [1.82, 2.24) is 0 Å². The van der Waals surface area contributed by atoms with Gasteiger partial charge in [0.25, 0.3) is 5.91 Å². The molecule has 28 heavy (non-hydrogen) atoms. The molecule has 0 aromatic heterocycles. The highest BCUT2D eigenvalue weighted by Gasteiger charge is 2.76. The number of aliphatic hydroxyl groups is 1. The molecule has 5 aliphatic rings. The number of rotatable bonds is 3. The summed E-state index contributed by atoms with van der Waals surface area (Å²) in [6.07, 6.45) is 4.16. The van der Waals surface area contributed by atoms with Gasteiger partial charge in [-0.05, 0) is 30.9 Å². The second kappa shape index (κ2) is 4.97. The lowest BCUT2D eigenvalue weighted by atomic mass is 9.48. The molecule has 1 aromatic rings. The zero-order valence-corrected chi connectivity index (χ0v) is 16.2. The van der Waals surface area contributed by atoms with Crippen LogP contribution in [0.5, 0.6) is 5.75 Å². The minimum atomic E-state index is -0.984. The van der Waals surface area contributed by atoms with Crippen molar-refractivity contribution >= 4 is 11.7 Å². The van der Waals surface area contributed by atoms with Crippen LogP contribution in [-0.2, 0) is 16.6 Å². The highest BCUT2D eigenvalue weighted by Crippen LogP contribution is 2.65. The second-order valence-corrected chi connectivity index (χ2v) is 10.00. The molecule has 1 amide bonds. The van der Waals surface area contributed by atoms with E-state index in [-0.39, 0.29) is 11.8 Å². The largest absolute Gasteiger partial charge is 0.480 e. The summed E-state index contributed by atoms with van der Waals surface area (Å²) in [5.74, 6) is 0.718. The predicted octanol–water partition coefficient (Wildman–Crippen LogP) is 1.06. The highest BCUT2D eigenvalue weighted by atomic mass is 16.5. The minimum Gasteiger partial charge on any atom is -0.480 e. The van der Waals surface area contributed by atoms with Crippen LogP contribution in [0.1, 0.15) is 53.6 Å². The molecule has 3 N–H and O–H groups in total. The van der Waals surface area contributed by atoms with E-state index < -0.39 is 23.0 Å². The first-order valence-electron chi connectivity index (χ1n) is 10.5. The molecule has 1 aromatic carbocycles. The number of hydrogen-bond donors (Lipinski definition) is 2. The predicted molar refractivity (Wildman–Crippen MR) is 101 cm³/mol. The zero-order chi connectivity index (χ0) is 19.5. The van der Waals surface area contributed by atoms with Crippen LogP contribution >= 0.6 is 0 Å². The van der Waals surface area contributed by atoms with Gasteiger partial charge in [0, 0.05) is 30.7 Å². The normalized spacial score (nSPS) is 42.7. The molecule has 6 rings (SSSR count). The number of Topliss-reactive ketones (excluding diaryl/α,β-unsaturated/α-hetero) is 1. The number of amides is 1. The number of ketones is 1. The number of hydrogen-bond acceptors (Lipinski definition) is 4. The summed E-state index contributed by atoms with van der Waals surface area (Å²) in [5, 5.41) is 12.3. The second-order valence-electron chi connectivity index (χ2n) is 10.00. The third kappa shape index (κ3) is 1.77. The van der Waals surface area contributed by atoms with Crippen LogP contribution in [0.3, 0.4) is 0 Å². The van der Waals surface area contributed by atoms with Crippen molar-refractivity contribution in [3.63, 3.8) is 0 Å². The molecular formula is C22H27N2O4+. The molecule has 0 radical (unpaired) electrons. The van der Waals surface area contributed by atoms with E-state index in [9.17, 15) is 14.7 Å². The van der Waals surface area contributed by atoms with Crippen molar-refractivity contribution < 1.29 is 23.9 Å². The maximum Gasteiger partial charge on any atom is 0.252 e. The quantitative estimate of drug-likeness (QED) is 0.764. The molecule has 2 saturated carbocycles. The van der Waals surface area contributed by atoms with Crippen molar-refractivity contribution in [1.29, 1.82) is 0 Å². The van der Waals surface area contributed by atoms with Crippen LogP contribution in [0.4, 0.5) is 0 Å². The Balaban J connectivity index is 1.60. The molecule has 3 aliphatic carbocycles. The van der Waals surface area contributed by atoms with Gasteiger partial charge in [0.2, 0.25) is 0 Å². The fraction of sp³-hybridized carbons (Fsp3) is 0.636. The smallest absolute Gasteiger partial charge is 0.252 e. The number of primary amides is 1. The summed E-state index contributed by atoms with van der Waals surface area (Å²) in [6.45, 7) is 2.03. The van der Waals surface area contributed by atoms with Gasteiger partial charge in [-0.15, -0.1) is 0 Å². The van der Waals surface area contributed by atoms with Crippen molar-refractivity contribution in [2.45, 2.75) is 61.7 Å². The maximum atomic E-state index is 12.9. The number of benzene rings is 1. The lowest BCUT2D eigenvalue weighted by molar-refractivity contribution is -0.950. The van der Waals surface area contributed by atoms with E-state index in [4.69, 9.17) is 10.5 Å². The first kappa shape index (κ1) is 17.0. The number of nitrogens with two attached hydrogens (primary N) is 1. The van der Waals surface area contributed by atoms with Crippen molar-refractivity contribution in [2.24, 2.45) is 11.7 Å². The Kier molecular flexibility index (Phi) is 3.02. The highest BCUT2D eigenvalue weighted by molar-refractivity contribution is 5.98. The summed E-state index contributed by atoms with van der Waals surface area (Å²) >= 11 is 0. The molecule has 2 aliphatic heterocycles. The molecule has 2 bridgehead atoms. The number of quaternary nitrogens is 1. The first-order chi connectivity index (χ1) is 13.3. The summed E-state index contributed by atoms with van der Waals surface area (Å²) in [5.41, 5.74) is 6.24. The van der Waals surface area contributed by atoms with Crippen LogP contribution in [-0.4, -0.2) is 59.2 Å². The minimum absolute atomic E-state index is 0.0428. The van der Waals surface area contributed by atoms with E-state index >= 15 is 0 Å². The molecule has 2 heterocycles. The van der Waals surface area contributed by atoms with Gasteiger partial charge in [0.05, 0.1) is 31.1 Å². The van der Waals surface area contributed by atoms with Crippen LogP contribution in [0.2, 0.25) is 0 Å². The van der Waals surface area contributed by atoms with E-state index in [1.165, 1.54) is 12.8 Å². The number of ether oxygens (including phenoxy) is 1. The Morgan fingerprint density at radius 2 is 2.14 bits per heavy atom. The van der Waals surface area contributed by atoms with E-state index in [1.807, 2.05) is 6.07 Å². The fourth-order valence-corrected chi connectivity index (χ4v) is 7.15. The van der Waals surface area contributed by atoms with Crippen LogP contribution in [0.15, 0.2) is 12.1 Å². The van der Waals surface area contributed by atoms with Crippen molar-refractivity contribution in [3.05, 3.63) is 28.8 Å². The van der Waals surface area contributed by atoms with Gasteiger partial charge < -0.3 is 20.1 Å². The van der Waals surface area contributed by atoms with Gasteiger partial charge in [-0.1, -0.05) is 6.07 Å². The average molecular weight is 383 g/mol. The van der Waals surface area contributed by atoms with Gasteiger partial charge in [-0.25, -0.2) is 0 Å². The fourth-order valence-electron chi connectivity index (χ4n) is 7.15. The van der Waals surface area contributed by atoms with E-state index in [0.717, 1.165) is 41.0 Å². The number of carbonyl (C=O) groups excluding carboxylic acids is 2. The maximum absolute atomic E-state index is 12.9. The summed E-state index contributed by atoms with van der Waals surface area (Å²) < 4.78 is 7.06. The summed E-state index contributed by atoms with van der Waals surface area (Å²) in [7, 11) is 2.29. The number of nitrogens with zero attached hydrogens (tertiary/aromatic N) is 1. The lowest BCUT2D eigenvalue weighted by Crippen LogP contribution is -2.80. The third-order valence-electron chi connectivity index (χ3n) is 8.56. The first-order valence-corrected chi connectivity index (χ1v) is 10.5. The van der Waals surface area contributed by atoms with Crippen LogP contribution in [0, 0.1) is 5.92 Å². The lowest BCUT2D eigenvalue weighted by Gasteiger charge is -2.64. The van der Waals surface area contributed by atoms with Gasteiger partial charge in [-0.3, -0.25) is 9.59 Å². The molecule has 5 atom stereocenters. The Labute approximate surface area is 164 Å². The van der Waals surface area contributed by atoms with Gasteiger partial charge >= 0.3 is 0 Å². The van der Waals surface area contributed by atoms with Crippen molar-refractivity contribution in [2.75, 3.05) is 20.1 Å². The topological polar surface area (TPSA) is 89.6 Å². The molecule has 1 saturated heterocycles. The Morgan fingerprint density at radius 3 is 2.86 bits per heavy atom. The van der Waals surface area contributed by atoms with E-state index in [0.29, 0.717) is 30.6 Å². The zero-order valence-electron chi connectivity index (χ0n) is 16.2. The van der Waals surface area contributed by atoms with Crippen molar-refractivity contribution in [3.8, 4) is 5.75 Å². The number of likely N-dealkylation sites (N-methyl/N-ethyl adjacent to an activating group) is 1. The number of likely N-dealkylation sites (tertiary alicyclic amines) is 1. The molecular weight excluding hydrogens is 356 g/mol. The standard InChI is InChI=1S/C22H26N2O4/c1-24(11-12-2-3-12)9-8-21-17-13-4-5-14(20(23)26)18(17)28-19(21)15(25)6-7-22(21,27)16(24)10-13/h4-5,12,16,19,27H,2-3,6-11H2,1H3,(H-,23,26)/p+1/t16-,19+,21-,22?,24-/m1/s1. The summed E-state index contributed by atoms with van der Waals surface area (Å²) in [6, 6.07) is 3.77. The van der Waals surface area contributed by atoms with E-state index in [2.05, 4.69) is 7.05 Å². The molecule has 6 nitrogen and oxygen atoms in total. The Morgan fingerprint density at radius 1 is 1.36 bits per heavy atom. The molecule has 1 spiro atoms. The molecule has 6 heteroatoms. The van der Waals surface area contributed by atoms with Crippen LogP contribution < -0.4 is 10.5 Å². The average Bonchev–Trinajstić information content (AvgIpc) is 3.37. The molecule has 148 valence electrons. The Bertz CT molecular complexity index is 941. The number of piperidine rings is 1. The molecule has 3 fully saturated rings.